The average molecular weight is 389 g/mol. The Morgan fingerprint density at radius 2 is 1.59 bits per heavy atom. The van der Waals surface area contributed by atoms with E-state index < -0.39 is 0 Å². The fourth-order valence-corrected chi connectivity index (χ4v) is 3.36. The molecule has 2 aromatic carbocycles. The molecule has 3 aromatic rings. The maximum atomic E-state index is 9.74. The molecule has 0 atom stereocenters. The van der Waals surface area contributed by atoms with Crippen molar-refractivity contribution in [2.24, 2.45) is 0 Å². The van der Waals surface area contributed by atoms with Gasteiger partial charge in [-0.2, -0.15) is 5.26 Å². The third-order valence-electron chi connectivity index (χ3n) is 4.82. The van der Waals surface area contributed by atoms with Crippen LogP contribution >= 0.6 is 0 Å². The zero-order chi connectivity index (χ0) is 21.1. The Morgan fingerprint density at radius 3 is 2.21 bits per heavy atom. The van der Waals surface area contributed by atoms with Crippen LogP contribution in [0.3, 0.4) is 0 Å². The van der Waals surface area contributed by atoms with Crippen LogP contribution in [0, 0.1) is 25.2 Å². The van der Waals surface area contributed by atoms with E-state index in [1.54, 1.807) is 20.3 Å². The molecular formula is C23H23N3O3. The SMILES string of the molecule is COc1ccc(-c2cc(-c3cc(C)ccc3C)nc(N)c2C#N)c(OC)c1OC. The minimum absolute atomic E-state index is 0.165. The van der Waals surface area contributed by atoms with Crippen molar-refractivity contribution in [1.82, 2.24) is 4.98 Å². The topological polar surface area (TPSA) is 90.4 Å². The van der Waals surface area contributed by atoms with Crippen molar-refractivity contribution < 1.29 is 14.2 Å². The second-order valence-electron chi connectivity index (χ2n) is 6.63. The summed E-state index contributed by atoms with van der Waals surface area (Å²) in [5.41, 5.74) is 11.6. The molecule has 1 aromatic heterocycles. The van der Waals surface area contributed by atoms with Crippen molar-refractivity contribution in [3.63, 3.8) is 0 Å². The van der Waals surface area contributed by atoms with Gasteiger partial charge in [0.25, 0.3) is 0 Å². The maximum absolute atomic E-state index is 9.74. The van der Waals surface area contributed by atoms with Crippen molar-refractivity contribution in [3.05, 3.63) is 53.1 Å². The second kappa shape index (κ2) is 8.11. The van der Waals surface area contributed by atoms with Crippen molar-refractivity contribution in [2.45, 2.75) is 13.8 Å². The van der Waals surface area contributed by atoms with Gasteiger partial charge in [-0.15, -0.1) is 0 Å². The van der Waals surface area contributed by atoms with Crippen LogP contribution in [0.1, 0.15) is 16.7 Å². The van der Waals surface area contributed by atoms with Crippen molar-refractivity contribution in [1.29, 1.82) is 5.26 Å². The molecule has 0 bridgehead atoms. The first-order valence-electron chi connectivity index (χ1n) is 9.02. The number of anilines is 1. The van der Waals surface area contributed by atoms with Gasteiger partial charge in [0.1, 0.15) is 17.5 Å². The zero-order valence-electron chi connectivity index (χ0n) is 17.2. The number of hydrogen-bond acceptors (Lipinski definition) is 6. The zero-order valence-corrected chi connectivity index (χ0v) is 17.2. The fourth-order valence-electron chi connectivity index (χ4n) is 3.36. The molecule has 0 aliphatic rings. The van der Waals surface area contributed by atoms with E-state index in [9.17, 15) is 5.26 Å². The Balaban J connectivity index is 2.35. The van der Waals surface area contributed by atoms with Gasteiger partial charge in [0.15, 0.2) is 11.5 Å². The Morgan fingerprint density at radius 1 is 0.862 bits per heavy atom. The molecule has 0 spiro atoms. The monoisotopic (exact) mass is 389 g/mol. The number of nitrogens with two attached hydrogens (primary N) is 1. The number of pyridine rings is 1. The van der Waals surface area contributed by atoms with E-state index in [0.29, 0.717) is 34.1 Å². The number of methoxy groups -OCH3 is 3. The quantitative estimate of drug-likeness (QED) is 0.690. The van der Waals surface area contributed by atoms with Gasteiger partial charge >= 0.3 is 0 Å². The van der Waals surface area contributed by atoms with Gasteiger partial charge in [0, 0.05) is 16.7 Å². The van der Waals surface area contributed by atoms with Crippen LogP contribution in [0.25, 0.3) is 22.4 Å². The highest BCUT2D eigenvalue weighted by Gasteiger charge is 2.22. The number of aromatic nitrogens is 1. The van der Waals surface area contributed by atoms with Gasteiger partial charge in [-0.25, -0.2) is 4.98 Å². The van der Waals surface area contributed by atoms with Crippen LogP contribution in [-0.2, 0) is 0 Å². The van der Waals surface area contributed by atoms with Crippen LogP contribution in [-0.4, -0.2) is 26.3 Å². The molecule has 6 heteroatoms. The lowest BCUT2D eigenvalue weighted by Crippen LogP contribution is -2.02. The van der Waals surface area contributed by atoms with Gasteiger partial charge in [-0.3, -0.25) is 0 Å². The number of aryl methyl sites for hydroxylation is 2. The van der Waals surface area contributed by atoms with Gasteiger partial charge in [0.05, 0.1) is 27.0 Å². The van der Waals surface area contributed by atoms with Gasteiger partial charge in [0.2, 0.25) is 5.75 Å². The third-order valence-corrected chi connectivity index (χ3v) is 4.82. The van der Waals surface area contributed by atoms with Crippen molar-refractivity contribution in [2.75, 3.05) is 27.1 Å². The van der Waals surface area contributed by atoms with E-state index in [1.807, 2.05) is 38.1 Å². The lowest BCUT2D eigenvalue weighted by atomic mass is 9.95. The van der Waals surface area contributed by atoms with Crippen LogP contribution in [0.4, 0.5) is 5.82 Å². The summed E-state index contributed by atoms with van der Waals surface area (Å²) in [4.78, 5) is 4.49. The molecule has 0 aliphatic carbocycles. The smallest absolute Gasteiger partial charge is 0.203 e. The average Bonchev–Trinajstić information content (AvgIpc) is 2.73. The highest BCUT2D eigenvalue weighted by atomic mass is 16.5. The lowest BCUT2D eigenvalue weighted by molar-refractivity contribution is 0.325. The molecule has 0 amide bonds. The standard InChI is InChI=1S/C23H23N3O3/c1-13-6-7-14(2)16(10-13)19-11-17(18(12-24)23(25)26-19)15-8-9-20(27-3)22(29-5)21(15)28-4/h6-11H,1-5H3,(H2,25,26). The molecule has 29 heavy (non-hydrogen) atoms. The third kappa shape index (κ3) is 3.55. The van der Waals surface area contributed by atoms with Gasteiger partial charge in [-0.1, -0.05) is 17.7 Å². The summed E-state index contributed by atoms with van der Waals surface area (Å²) >= 11 is 0. The Bertz CT molecular complexity index is 1120. The predicted molar refractivity (Wildman–Crippen MR) is 113 cm³/mol. The molecule has 148 valence electrons. The molecule has 0 fully saturated rings. The summed E-state index contributed by atoms with van der Waals surface area (Å²) in [7, 11) is 4.64. The molecule has 0 saturated heterocycles. The summed E-state index contributed by atoms with van der Waals surface area (Å²) < 4.78 is 16.5. The molecule has 1 heterocycles. The van der Waals surface area contributed by atoms with Crippen LogP contribution < -0.4 is 19.9 Å². The summed E-state index contributed by atoms with van der Waals surface area (Å²) in [6.07, 6.45) is 0. The second-order valence-corrected chi connectivity index (χ2v) is 6.63. The number of nitrogens with zero attached hydrogens (tertiary/aromatic N) is 2. The highest BCUT2D eigenvalue weighted by molar-refractivity contribution is 5.85. The van der Waals surface area contributed by atoms with E-state index >= 15 is 0 Å². The van der Waals surface area contributed by atoms with Crippen LogP contribution in [0.15, 0.2) is 36.4 Å². The molecule has 2 N–H and O–H groups in total. The van der Waals surface area contributed by atoms with Crippen LogP contribution in [0.5, 0.6) is 17.2 Å². The Kier molecular flexibility index (Phi) is 5.60. The maximum Gasteiger partial charge on any atom is 0.203 e. The minimum atomic E-state index is 0.165. The summed E-state index contributed by atoms with van der Waals surface area (Å²) in [6, 6.07) is 13.8. The first-order valence-corrected chi connectivity index (χ1v) is 9.02. The predicted octanol–water partition coefficient (Wildman–Crippen LogP) is 4.51. The van der Waals surface area contributed by atoms with Crippen LogP contribution in [0.2, 0.25) is 0 Å². The molecule has 3 rings (SSSR count). The van der Waals surface area contributed by atoms with Gasteiger partial charge in [-0.05, 0) is 43.7 Å². The lowest BCUT2D eigenvalue weighted by Gasteiger charge is -2.18. The van der Waals surface area contributed by atoms with Crippen molar-refractivity contribution >= 4 is 5.82 Å². The number of rotatable bonds is 5. The highest BCUT2D eigenvalue weighted by Crippen LogP contribution is 2.46. The molecular weight excluding hydrogens is 366 g/mol. The fraction of sp³-hybridized carbons (Fsp3) is 0.217. The van der Waals surface area contributed by atoms with E-state index in [4.69, 9.17) is 19.9 Å². The minimum Gasteiger partial charge on any atom is -0.493 e. The first-order chi connectivity index (χ1) is 13.9. The number of benzene rings is 2. The molecule has 0 radical (unpaired) electrons. The number of nitrogen functional groups attached to an aromatic ring is 1. The van der Waals surface area contributed by atoms with E-state index in [-0.39, 0.29) is 11.4 Å². The van der Waals surface area contributed by atoms with E-state index in [0.717, 1.165) is 16.7 Å². The normalized spacial score (nSPS) is 10.3. The number of ether oxygens (including phenoxy) is 3. The number of hydrogen-bond donors (Lipinski definition) is 1. The van der Waals surface area contributed by atoms with Gasteiger partial charge < -0.3 is 19.9 Å². The van der Waals surface area contributed by atoms with E-state index in [1.165, 1.54) is 7.11 Å². The molecule has 0 saturated carbocycles. The summed E-state index contributed by atoms with van der Waals surface area (Å²) in [5, 5.41) is 9.74. The number of nitriles is 1. The summed E-state index contributed by atoms with van der Waals surface area (Å²) in [5.74, 6) is 1.60. The molecule has 0 unspecified atom stereocenters. The molecule has 0 aliphatic heterocycles. The Hall–Kier alpha value is -3.72. The summed E-state index contributed by atoms with van der Waals surface area (Å²) in [6.45, 7) is 4.04. The van der Waals surface area contributed by atoms with Crippen molar-refractivity contribution in [3.8, 4) is 45.7 Å². The first kappa shape index (κ1) is 20.0. The largest absolute Gasteiger partial charge is 0.493 e. The van der Waals surface area contributed by atoms with E-state index in [2.05, 4.69) is 17.1 Å². The molecule has 6 nitrogen and oxygen atoms in total. The Labute approximate surface area is 170 Å².